The first-order chi connectivity index (χ1) is 16.4. The molecule has 0 fully saturated rings. The van der Waals surface area contributed by atoms with Gasteiger partial charge in [-0.25, -0.2) is 4.79 Å². The maximum absolute atomic E-state index is 12.8. The molecule has 34 heavy (non-hydrogen) atoms. The highest BCUT2D eigenvalue weighted by atomic mass is 16.5. The first-order valence-corrected chi connectivity index (χ1v) is 11.1. The molecule has 3 aromatic rings. The van der Waals surface area contributed by atoms with Crippen LogP contribution < -0.4 is 20.1 Å². The number of ether oxygens (including phenoxy) is 2. The average molecular weight is 461 g/mol. The molecule has 0 saturated heterocycles. The second-order valence-electron chi connectivity index (χ2n) is 7.92. The lowest BCUT2D eigenvalue weighted by molar-refractivity contribution is -0.137. The van der Waals surface area contributed by atoms with Crippen LogP contribution in [-0.4, -0.2) is 30.4 Å². The van der Waals surface area contributed by atoms with Crippen molar-refractivity contribution in [2.75, 3.05) is 11.9 Å². The third-order valence-corrected chi connectivity index (χ3v) is 5.00. The van der Waals surface area contributed by atoms with Crippen molar-refractivity contribution >= 4 is 23.5 Å². The average Bonchev–Trinajstić information content (AvgIpc) is 2.84. The largest absolute Gasteiger partial charge is 0.494 e. The Kier molecular flexibility index (Phi) is 8.40. The minimum atomic E-state index is -0.837. The first-order valence-electron chi connectivity index (χ1n) is 11.1. The van der Waals surface area contributed by atoms with E-state index < -0.39 is 12.0 Å². The molecule has 0 heterocycles. The minimum Gasteiger partial charge on any atom is -0.494 e. The van der Waals surface area contributed by atoms with Crippen molar-refractivity contribution in [2.45, 2.75) is 26.8 Å². The van der Waals surface area contributed by atoms with Crippen LogP contribution in [-0.2, 0) is 4.79 Å². The molecule has 0 aliphatic rings. The van der Waals surface area contributed by atoms with Gasteiger partial charge in [0.15, 0.2) is 0 Å². The smallest absolute Gasteiger partial charge is 0.334 e. The number of amides is 2. The molecule has 2 N–H and O–H groups in total. The highest BCUT2D eigenvalue weighted by Crippen LogP contribution is 2.19. The topological polar surface area (TPSA) is 93.7 Å². The quantitative estimate of drug-likeness (QED) is 0.357. The molecule has 0 aliphatic carbocycles. The van der Waals surface area contributed by atoms with E-state index in [-0.39, 0.29) is 17.7 Å². The molecule has 2 amide bonds. The number of carbonyl (C=O) groups excluding carboxylic acids is 3. The number of hydrogen-bond donors (Lipinski definition) is 2. The van der Waals surface area contributed by atoms with Gasteiger partial charge in [-0.05, 0) is 73.5 Å². The highest BCUT2D eigenvalue weighted by Gasteiger charge is 2.26. The third kappa shape index (κ3) is 6.68. The SMILES string of the molecule is CCOc1ccc(C(=O)N[C@H](C(=O)Oc2ccc(NC(=O)c3ccccc3)cc2)C(C)C)cc1. The summed E-state index contributed by atoms with van der Waals surface area (Å²) in [6.45, 7) is 6.07. The predicted molar refractivity (Wildman–Crippen MR) is 130 cm³/mol. The summed E-state index contributed by atoms with van der Waals surface area (Å²) >= 11 is 0. The maximum Gasteiger partial charge on any atom is 0.334 e. The van der Waals surface area contributed by atoms with Crippen molar-refractivity contribution in [1.29, 1.82) is 0 Å². The van der Waals surface area contributed by atoms with E-state index in [1.165, 1.54) is 0 Å². The Labute approximate surface area is 199 Å². The van der Waals surface area contributed by atoms with Crippen molar-refractivity contribution in [1.82, 2.24) is 5.32 Å². The van der Waals surface area contributed by atoms with Crippen LogP contribution in [0, 0.1) is 5.92 Å². The van der Waals surface area contributed by atoms with Crippen LogP contribution in [0.5, 0.6) is 11.5 Å². The monoisotopic (exact) mass is 460 g/mol. The number of nitrogens with one attached hydrogen (secondary N) is 2. The first kappa shape index (κ1) is 24.5. The number of hydrogen-bond acceptors (Lipinski definition) is 5. The standard InChI is InChI=1S/C27H28N2O5/c1-4-33-22-14-10-20(11-15-22)26(31)29-24(18(2)3)27(32)34-23-16-12-21(13-17-23)28-25(30)19-8-6-5-7-9-19/h5-18,24H,4H2,1-3H3,(H,28,30)(H,29,31)/t24-/m0/s1. The van der Waals surface area contributed by atoms with E-state index in [1.54, 1.807) is 72.8 Å². The van der Waals surface area contributed by atoms with Crippen LogP contribution in [0.2, 0.25) is 0 Å². The van der Waals surface area contributed by atoms with Gasteiger partial charge in [0.25, 0.3) is 11.8 Å². The van der Waals surface area contributed by atoms with Gasteiger partial charge in [0.2, 0.25) is 0 Å². The molecular formula is C27H28N2O5. The van der Waals surface area contributed by atoms with E-state index in [0.717, 1.165) is 0 Å². The van der Waals surface area contributed by atoms with E-state index in [4.69, 9.17) is 9.47 Å². The van der Waals surface area contributed by atoms with Crippen LogP contribution >= 0.6 is 0 Å². The Morgan fingerprint density at radius 1 is 0.765 bits per heavy atom. The van der Waals surface area contributed by atoms with Crippen LogP contribution in [0.1, 0.15) is 41.5 Å². The summed E-state index contributed by atoms with van der Waals surface area (Å²) in [7, 11) is 0. The summed E-state index contributed by atoms with van der Waals surface area (Å²) in [6, 6.07) is 21.2. The fourth-order valence-corrected chi connectivity index (χ4v) is 3.17. The molecule has 3 rings (SSSR count). The number of benzene rings is 3. The molecule has 0 spiro atoms. The molecule has 7 nitrogen and oxygen atoms in total. The van der Waals surface area contributed by atoms with Gasteiger partial charge < -0.3 is 20.1 Å². The fourth-order valence-electron chi connectivity index (χ4n) is 3.17. The zero-order valence-corrected chi connectivity index (χ0v) is 19.4. The molecule has 0 bridgehead atoms. The maximum atomic E-state index is 12.8. The van der Waals surface area contributed by atoms with Gasteiger partial charge in [-0.1, -0.05) is 32.0 Å². The number of anilines is 1. The van der Waals surface area contributed by atoms with Crippen molar-refractivity contribution in [3.05, 3.63) is 90.0 Å². The summed E-state index contributed by atoms with van der Waals surface area (Å²) in [6.07, 6.45) is 0. The molecule has 3 aromatic carbocycles. The van der Waals surface area contributed by atoms with E-state index in [9.17, 15) is 14.4 Å². The summed E-state index contributed by atoms with van der Waals surface area (Å²) in [5, 5.41) is 5.54. The molecule has 0 aliphatic heterocycles. The number of rotatable bonds is 9. The lowest BCUT2D eigenvalue weighted by atomic mass is 10.0. The van der Waals surface area contributed by atoms with E-state index >= 15 is 0 Å². The second kappa shape index (κ2) is 11.7. The predicted octanol–water partition coefficient (Wildman–Crippen LogP) is 4.70. The van der Waals surface area contributed by atoms with E-state index in [2.05, 4.69) is 10.6 Å². The van der Waals surface area contributed by atoms with Gasteiger partial charge in [0, 0.05) is 16.8 Å². The van der Waals surface area contributed by atoms with Crippen LogP contribution in [0.25, 0.3) is 0 Å². The zero-order chi connectivity index (χ0) is 24.5. The highest BCUT2D eigenvalue weighted by molar-refractivity contribution is 6.04. The molecule has 0 aromatic heterocycles. The Morgan fingerprint density at radius 2 is 1.35 bits per heavy atom. The van der Waals surface area contributed by atoms with Crippen molar-refractivity contribution in [2.24, 2.45) is 5.92 Å². The summed E-state index contributed by atoms with van der Waals surface area (Å²) in [5.41, 5.74) is 1.53. The molecule has 0 unspecified atom stereocenters. The molecule has 7 heteroatoms. The van der Waals surface area contributed by atoms with Crippen LogP contribution in [0.4, 0.5) is 5.69 Å². The van der Waals surface area contributed by atoms with E-state index in [1.807, 2.05) is 26.8 Å². The Hall–Kier alpha value is -4.13. The van der Waals surface area contributed by atoms with Gasteiger partial charge in [-0.3, -0.25) is 9.59 Å². The van der Waals surface area contributed by atoms with Gasteiger partial charge in [0.05, 0.1) is 6.61 Å². The van der Waals surface area contributed by atoms with Crippen LogP contribution in [0.15, 0.2) is 78.9 Å². The molecular weight excluding hydrogens is 432 g/mol. The number of esters is 1. The summed E-state index contributed by atoms with van der Waals surface area (Å²) in [4.78, 5) is 37.7. The van der Waals surface area contributed by atoms with Crippen LogP contribution in [0.3, 0.4) is 0 Å². The Morgan fingerprint density at radius 3 is 1.94 bits per heavy atom. The van der Waals surface area contributed by atoms with Gasteiger partial charge in [0.1, 0.15) is 17.5 Å². The molecule has 0 radical (unpaired) electrons. The van der Waals surface area contributed by atoms with Gasteiger partial charge in [-0.2, -0.15) is 0 Å². The van der Waals surface area contributed by atoms with Gasteiger partial charge >= 0.3 is 5.97 Å². The number of carbonyl (C=O) groups is 3. The molecule has 0 saturated carbocycles. The molecule has 1 atom stereocenters. The lowest BCUT2D eigenvalue weighted by Crippen LogP contribution is -2.46. The normalized spacial score (nSPS) is 11.4. The van der Waals surface area contributed by atoms with Crippen molar-refractivity contribution in [3.8, 4) is 11.5 Å². The van der Waals surface area contributed by atoms with Crippen molar-refractivity contribution in [3.63, 3.8) is 0 Å². The fraction of sp³-hybridized carbons (Fsp3) is 0.222. The second-order valence-corrected chi connectivity index (χ2v) is 7.92. The molecule has 176 valence electrons. The summed E-state index contributed by atoms with van der Waals surface area (Å²) < 4.78 is 10.9. The lowest BCUT2D eigenvalue weighted by Gasteiger charge is -2.21. The summed E-state index contributed by atoms with van der Waals surface area (Å²) in [5.74, 6) is -0.398. The third-order valence-electron chi connectivity index (χ3n) is 5.00. The van der Waals surface area contributed by atoms with Crippen molar-refractivity contribution < 1.29 is 23.9 Å². The zero-order valence-electron chi connectivity index (χ0n) is 19.4. The van der Waals surface area contributed by atoms with Gasteiger partial charge in [-0.15, -0.1) is 0 Å². The Balaban J connectivity index is 1.60. The minimum absolute atomic E-state index is 0.191. The van der Waals surface area contributed by atoms with E-state index in [0.29, 0.717) is 34.9 Å². The Bertz CT molecular complexity index is 1110.